The fourth-order valence-electron chi connectivity index (χ4n) is 2.41. The molecule has 2 rings (SSSR count). The molecular formula is C15H25N3O2. The summed E-state index contributed by atoms with van der Waals surface area (Å²) in [5.41, 5.74) is 5.40. The highest BCUT2D eigenvalue weighted by Gasteiger charge is 2.30. The van der Waals surface area contributed by atoms with Gasteiger partial charge in [0.05, 0.1) is 6.04 Å². The lowest BCUT2D eigenvalue weighted by atomic mass is 10.2. The van der Waals surface area contributed by atoms with Crippen LogP contribution in [0.3, 0.4) is 0 Å². The van der Waals surface area contributed by atoms with Gasteiger partial charge in [0.1, 0.15) is 5.60 Å². The second-order valence-electron chi connectivity index (χ2n) is 6.49. The highest BCUT2D eigenvalue weighted by Crippen LogP contribution is 2.16. The number of aryl methyl sites for hydroxylation is 2. The molecule has 20 heavy (non-hydrogen) atoms. The molecule has 1 fully saturated rings. The lowest BCUT2D eigenvalue weighted by Crippen LogP contribution is -2.38. The van der Waals surface area contributed by atoms with Crippen LogP contribution in [0.2, 0.25) is 0 Å². The molecule has 112 valence electrons. The van der Waals surface area contributed by atoms with Crippen molar-refractivity contribution < 1.29 is 9.53 Å². The molecule has 1 saturated heterocycles. The second kappa shape index (κ2) is 5.38. The van der Waals surface area contributed by atoms with Gasteiger partial charge in [-0.15, -0.1) is 0 Å². The Kier molecular flexibility index (Phi) is 3.97. The predicted molar refractivity (Wildman–Crippen MR) is 79.5 cm³/mol. The Labute approximate surface area is 120 Å². The Hall–Kier alpha value is -1.65. The number of nitrogens with zero attached hydrogens (tertiary/aromatic N) is 2. The van der Waals surface area contributed by atoms with Gasteiger partial charge in [0, 0.05) is 24.5 Å². The summed E-state index contributed by atoms with van der Waals surface area (Å²) in [6, 6.07) is 4.44. The third-order valence-electron chi connectivity index (χ3n) is 3.42. The van der Waals surface area contributed by atoms with Gasteiger partial charge in [-0.2, -0.15) is 0 Å². The van der Waals surface area contributed by atoms with Gasteiger partial charge in [0.15, 0.2) is 0 Å². The maximum atomic E-state index is 12.0. The maximum absolute atomic E-state index is 12.0. The summed E-state index contributed by atoms with van der Waals surface area (Å²) in [6.07, 6.45) is 0.721. The molecule has 1 atom stereocenters. The minimum atomic E-state index is -0.434. The van der Waals surface area contributed by atoms with E-state index in [9.17, 15) is 4.79 Å². The zero-order valence-electron chi connectivity index (χ0n) is 13.1. The molecule has 1 aromatic heterocycles. The van der Waals surface area contributed by atoms with Gasteiger partial charge in [-0.25, -0.2) is 4.79 Å². The molecule has 1 amide bonds. The minimum absolute atomic E-state index is 0.220. The molecule has 0 saturated carbocycles. The third-order valence-corrected chi connectivity index (χ3v) is 3.42. The van der Waals surface area contributed by atoms with Crippen LogP contribution in [0.25, 0.3) is 0 Å². The fraction of sp³-hybridized carbons (Fsp3) is 0.667. The first-order chi connectivity index (χ1) is 9.26. The average Bonchev–Trinajstić information content (AvgIpc) is 2.89. The zero-order chi connectivity index (χ0) is 14.9. The number of rotatable bonds is 2. The van der Waals surface area contributed by atoms with Crippen molar-refractivity contribution in [3.05, 3.63) is 23.5 Å². The number of hydrogen-bond donors (Lipinski definition) is 1. The van der Waals surface area contributed by atoms with Crippen LogP contribution >= 0.6 is 0 Å². The number of carbonyl (C=O) groups excluding carboxylic acids is 1. The standard InChI is InChI=1S/C15H25N3O2/c1-11-6-7-12(2)18(11)16-13-8-9-17(10-13)14(19)20-15(3,4)5/h6-7,13,16H,8-10H2,1-5H3. The Morgan fingerprint density at radius 2 is 1.90 bits per heavy atom. The zero-order valence-corrected chi connectivity index (χ0v) is 13.1. The quantitative estimate of drug-likeness (QED) is 0.905. The van der Waals surface area contributed by atoms with E-state index in [-0.39, 0.29) is 12.1 Å². The van der Waals surface area contributed by atoms with Crippen LogP contribution in [0, 0.1) is 13.8 Å². The first-order valence-corrected chi connectivity index (χ1v) is 7.16. The monoisotopic (exact) mass is 279 g/mol. The van der Waals surface area contributed by atoms with Crippen molar-refractivity contribution in [1.82, 2.24) is 9.58 Å². The minimum Gasteiger partial charge on any atom is -0.444 e. The van der Waals surface area contributed by atoms with Gasteiger partial charge in [-0.05, 0) is 53.2 Å². The van der Waals surface area contributed by atoms with Gasteiger partial charge in [-0.1, -0.05) is 0 Å². The molecule has 1 aromatic rings. The second-order valence-corrected chi connectivity index (χ2v) is 6.49. The van der Waals surface area contributed by atoms with E-state index in [1.165, 1.54) is 11.4 Å². The molecule has 5 heteroatoms. The number of ether oxygens (including phenoxy) is 1. The lowest BCUT2D eigenvalue weighted by Gasteiger charge is -2.25. The van der Waals surface area contributed by atoms with Crippen molar-refractivity contribution >= 4 is 6.09 Å². The van der Waals surface area contributed by atoms with Gasteiger partial charge in [0.25, 0.3) is 0 Å². The first-order valence-electron chi connectivity index (χ1n) is 7.16. The van der Waals surface area contributed by atoms with Gasteiger partial charge < -0.3 is 15.1 Å². The lowest BCUT2D eigenvalue weighted by molar-refractivity contribution is 0.0293. The number of likely N-dealkylation sites (tertiary alicyclic amines) is 1. The van der Waals surface area contributed by atoms with Crippen LogP contribution in [0.4, 0.5) is 4.79 Å². The Balaban J connectivity index is 1.91. The van der Waals surface area contributed by atoms with Crippen molar-refractivity contribution in [3.8, 4) is 0 Å². The molecule has 0 bridgehead atoms. The summed E-state index contributed by atoms with van der Waals surface area (Å²) in [5.74, 6) is 0. The largest absolute Gasteiger partial charge is 0.444 e. The first kappa shape index (κ1) is 14.8. The van der Waals surface area contributed by atoms with E-state index in [2.05, 4.69) is 36.1 Å². The summed E-state index contributed by atoms with van der Waals surface area (Å²) in [5, 5.41) is 0. The number of aromatic nitrogens is 1. The predicted octanol–water partition coefficient (Wildman–Crippen LogP) is 2.66. The molecule has 2 heterocycles. The third kappa shape index (κ3) is 3.46. The topological polar surface area (TPSA) is 46.5 Å². The van der Waals surface area contributed by atoms with Crippen LogP contribution in [0.1, 0.15) is 38.6 Å². The molecule has 0 aliphatic carbocycles. The van der Waals surface area contributed by atoms with Crippen molar-refractivity contribution in [1.29, 1.82) is 0 Å². The average molecular weight is 279 g/mol. The molecule has 1 unspecified atom stereocenters. The summed E-state index contributed by atoms with van der Waals surface area (Å²) in [7, 11) is 0. The van der Waals surface area contributed by atoms with E-state index in [4.69, 9.17) is 4.74 Å². The summed E-state index contributed by atoms with van der Waals surface area (Å²) >= 11 is 0. The molecule has 1 N–H and O–H groups in total. The Bertz CT molecular complexity index is 468. The van der Waals surface area contributed by atoms with Crippen LogP contribution in [0.15, 0.2) is 12.1 Å². The smallest absolute Gasteiger partial charge is 0.410 e. The summed E-state index contributed by atoms with van der Waals surface area (Å²) in [6.45, 7) is 11.2. The van der Waals surface area contributed by atoms with E-state index in [1.54, 1.807) is 4.90 Å². The summed E-state index contributed by atoms with van der Waals surface area (Å²) in [4.78, 5) is 13.8. The molecule has 0 spiro atoms. The van der Waals surface area contributed by atoms with Crippen LogP contribution in [-0.4, -0.2) is 40.4 Å². The van der Waals surface area contributed by atoms with E-state index in [0.717, 1.165) is 13.0 Å². The number of amides is 1. The summed E-state index contributed by atoms with van der Waals surface area (Å²) < 4.78 is 7.49. The molecule has 5 nitrogen and oxygen atoms in total. The van der Waals surface area contributed by atoms with Gasteiger partial charge in [0.2, 0.25) is 0 Å². The van der Waals surface area contributed by atoms with Crippen molar-refractivity contribution in [3.63, 3.8) is 0 Å². The molecule has 1 aliphatic heterocycles. The van der Waals surface area contributed by atoms with Crippen molar-refractivity contribution in [2.75, 3.05) is 18.5 Å². The maximum Gasteiger partial charge on any atom is 0.410 e. The van der Waals surface area contributed by atoms with E-state index >= 15 is 0 Å². The highest BCUT2D eigenvalue weighted by atomic mass is 16.6. The number of hydrogen-bond acceptors (Lipinski definition) is 3. The SMILES string of the molecule is Cc1ccc(C)n1NC1CCN(C(=O)OC(C)(C)C)C1. The Morgan fingerprint density at radius 3 is 2.45 bits per heavy atom. The van der Waals surface area contributed by atoms with Gasteiger partial charge >= 0.3 is 6.09 Å². The molecule has 1 aliphatic rings. The van der Waals surface area contributed by atoms with Crippen LogP contribution < -0.4 is 5.43 Å². The molecule has 0 aromatic carbocycles. The van der Waals surface area contributed by atoms with Gasteiger partial charge in [-0.3, -0.25) is 4.68 Å². The fourth-order valence-corrected chi connectivity index (χ4v) is 2.41. The van der Waals surface area contributed by atoms with Crippen molar-refractivity contribution in [2.24, 2.45) is 0 Å². The molecular weight excluding hydrogens is 254 g/mol. The number of carbonyl (C=O) groups is 1. The van der Waals surface area contributed by atoms with E-state index < -0.39 is 5.60 Å². The Morgan fingerprint density at radius 1 is 1.30 bits per heavy atom. The normalized spacial score (nSPS) is 19.2. The van der Waals surface area contributed by atoms with E-state index in [1.807, 2.05) is 20.8 Å². The highest BCUT2D eigenvalue weighted by molar-refractivity contribution is 5.68. The molecule has 0 radical (unpaired) electrons. The van der Waals surface area contributed by atoms with E-state index in [0.29, 0.717) is 6.54 Å². The number of nitrogens with one attached hydrogen (secondary N) is 1. The van der Waals surface area contributed by atoms with Crippen LogP contribution in [0.5, 0.6) is 0 Å². The van der Waals surface area contributed by atoms with Crippen LogP contribution in [-0.2, 0) is 4.74 Å². The van der Waals surface area contributed by atoms with Crippen molar-refractivity contribution in [2.45, 2.75) is 52.7 Å².